The third-order valence-corrected chi connectivity index (χ3v) is 5.53. The lowest BCUT2D eigenvalue weighted by Crippen LogP contribution is -2.23. The van der Waals surface area contributed by atoms with Crippen molar-refractivity contribution in [3.05, 3.63) is 64.3 Å². The maximum Gasteiger partial charge on any atom is 0.268 e. The first-order valence-corrected chi connectivity index (χ1v) is 10.5. The standard InChI is InChI=1S/C21H24ClN3OS/c1-3-4-10-27-25-17-8-9-19-18(12-17)14(2)20(24-19)21(26)23-13-15-6-5-7-16(22)11-15/h5-9,11-12,24-25H,3-4,10,13H2,1-2H3,(H,23,26). The summed E-state index contributed by atoms with van der Waals surface area (Å²) in [4.78, 5) is 15.9. The van der Waals surface area contributed by atoms with Gasteiger partial charge in [-0.15, -0.1) is 0 Å². The van der Waals surface area contributed by atoms with Crippen molar-refractivity contribution < 1.29 is 4.79 Å². The maximum atomic E-state index is 12.6. The Kier molecular flexibility index (Phi) is 6.69. The molecule has 1 amide bonds. The fourth-order valence-electron chi connectivity index (χ4n) is 2.89. The van der Waals surface area contributed by atoms with Crippen LogP contribution in [0, 0.1) is 6.92 Å². The van der Waals surface area contributed by atoms with Crippen molar-refractivity contribution in [3.63, 3.8) is 0 Å². The molecule has 4 nitrogen and oxygen atoms in total. The number of hydrogen-bond acceptors (Lipinski definition) is 3. The van der Waals surface area contributed by atoms with Gasteiger partial charge in [-0.2, -0.15) is 0 Å². The molecule has 3 aromatic rings. The molecule has 1 heterocycles. The molecule has 0 spiro atoms. The third kappa shape index (κ3) is 4.99. The quantitative estimate of drug-likeness (QED) is 0.324. The highest BCUT2D eigenvalue weighted by molar-refractivity contribution is 8.00. The number of hydrogen-bond donors (Lipinski definition) is 3. The van der Waals surface area contributed by atoms with Crippen molar-refractivity contribution in [3.8, 4) is 0 Å². The fourth-order valence-corrected chi connectivity index (χ4v) is 3.93. The summed E-state index contributed by atoms with van der Waals surface area (Å²) < 4.78 is 3.38. The normalized spacial score (nSPS) is 10.9. The minimum atomic E-state index is -0.115. The molecule has 0 saturated heterocycles. The van der Waals surface area contributed by atoms with Crippen LogP contribution in [-0.4, -0.2) is 16.6 Å². The predicted octanol–water partition coefficient (Wildman–Crippen LogP) is 5.92. The van der Waals surface area contributed by atoms with Gasteiger partial charge in [-0.05, 0) is 54.8 Å². The second-order valence-electron chi connectivity index (χ2n) is 6.50. The molecule has 142 valence electrons. The summed E-state index contributed by atoms with van der Waals surface area (Å²) in [6, 6.07) is 13.6. The Morgan fingerprint density at radius 1 is 1.22 bits per heavy atom. The Morgan fingerprint density at radius 3 is 2.85 bits per heavy atom. The second-order valence-corrected chi connectivity index (χ2v) is 7.84. The van der Waals surface area contributed by atoms with Crippen LogP contribution in [-0.2, 0) is 6.54 Å². The molecule has 0 fully saturated rings. The monoisotopic (exact) mass is 401 g/mol. The number of anilines is 1. The van der Waals surface area contributed by atoms with E-state index < -0.39 is 0 Å². The average molecular weight is 402 g/mol. The Bertz CT molecular complexity index is 938. The Labute approximate surface area is 169 Å². The van der Waals surface area contributed by atoms with Crippen LogP contribution in [0.1, 0.15) is 41.4 Å². The molecule has 0 radical (unpaired) electrons. The molecule has 0 unspecified atom stereocenters. The number of carbonyl (C=O) groups is 1. The van der Waals surface area contributed by atoms with Crippen LogP contribution in [0.2, 0.25) is 5.02 Å². The van der Waals surface area contributed by atoms with Gasteiger partial charge in [-0.3, -0.25) is 4.79 Å². The summed E-state index contributed by atoms with van der Waals surface area (Å²) in [6.45, 7) is 4.60. The van der Waals surface area contributed by atoms with Crippen LogP contribution in [0.15, 0.2) is 42.5 Å². The lowest BCUT2D eigenvalue weighted by Gasteiger charge is -2.06. The van der Waals surface area contributed by atoms with Crippen molar-refractivity contribution in [1.29, 1.82) is 0 Å². The zero-order valence-corrected chi connectivity index (χ0v) is 17.1. The van der Waals surface area contributed by atoms with Crippen LogP contribution in [0.4, 0.5) is 5.69 Å². The molecule has 27 heavy (non-hydrogen) atoms. The number of halogens is 1. The number of fused-ring (bicyclic) bond motifs is 1. The molecule has 1 aromatic heterocycles. The molecule has 0 aliphatic carbocycles. The lowest BCUT2D eigenvalue weighted by atomic mass is 10.1. The van der Waals surface area contributed by atoms with Crippen molar-refractivity contribution in [2.45, 2.75) is 33.2 Å². The van der Waals surface area contributed by atoms with Crippen LogP contribution >= 0.6 is 23.5 Å². The molecular formula is C21H24ClN3OS. The average Bonchev–Trinajstić information content (AvgIpc) is 3.00. The van der Waals surface area contributed by atoms with Gasteiger partial charge in [0.05, 0.1) is 0 Å². The van der Waals surface area contributed by atoms with Crippen LogP contribution in [0.3, 0.4) is 0 Å². The number of benzene rings is 2. The Balaban J connectivity index is 1.70. The second kappa shape index (κ2) is 9.20. The van der Waals surface area contributed by atoms with E-state index in [1.54, 1.807) is 11.9 Å². The van der Waals surface area contributed by atoms with Crippen LogP contribution in [0.25, 0.3) is 10.9 Å². The van der Waals surface area contributed by atoms with Gasteiger partial charge in [0.2, 0.25) is 0 Å². The number of aromatic amines is 1. The van der Waals surface area contributed by atoms with E-state index in [4.69, 9.17) is 11.6 Å². The number of aromatic nitrogens is 1. The molecule has 0 atom stereocenters. The molecule has 2 aromatic carbocycles. The number of nitrogens with one attached hydrogen (secondary N) is 3. The summed E-state index contributed by atoms with van der Waals surface area (Å²) in [7, 11) is 0. The third-order valence-electron chi connectivity index (χ3n) is 4.42. The van der Waals surface area contributed by atoms with E-state index in [1.165, 1.54) is 12.8 Å². The van der Waals surface area contributed by atoms with Gasteiger partial charge in [0.15, 0.2) is 0 Å². The smallest absolute Gasteiger partial charge is 0.268 e. The highest BCUT2D eigenvalue weighted by atomic mass is 35.5. The van der Waals surface area contributed by atoms with E-state index in [9.17, 15) is 4.79 Å². The summed E-state index contributed by atoms with van der Waals surface area (Å²) >= 11 is 7.71. The molecule has 3 N–H and O–H groups in total. The zero-order chi connectivity index (χ0) is 19.2. The zero-order valence-electron chi connectivity index (χ0n) is 15.6. The highest BCUT2D eigenvalue weighted by Gasteiger charge is 2.15. The maximum absolute atomic E-state index is 12.6. The molecule has 0 saturated carbocycles. The number of aryl methyl sites for hydroxylation is 1. The lowest BCUT2D eigenvalue weighted by molar-refractivity contribution is 0.0946. The summed E-state index contributed by atoms with van der Waals surface area (Å²) in [6.07, 6.45) is 2.39. The summed E-state index contributed by atoms with van der Waals surface area (Å²) in [5.41, 5.74) is 4.54. The number of carbonyl (C=O) groups excluding carboxylic acids is 1. The van der Waals surface area contributed by atoms with E-state index in [0.717, 1.165) is 33.5 Å². The van der Waals surface area contributed by atoms with Gasteiger partial charge in [-0.25, -0.2) is 0 Å². The van der Waals surface area contributed by atoms with E-state index in [1.807, 2.05) is 43.3 Å². The van der Waals surface area contributed by atoms with Gasteiger partial charge >= 0.3 is 0 Å². The fraction of sp³-hybridized carbons (Fsp3) is 0.286. The number of amides is 1. The van der Waals surface area contributed by atoms with Crippen molar-refractivity contribution in [2.24, 2.45) is 0 Å². The molecule has 0 bridgehead atoms. The first-order chi connectivity index (χ1) is 13.1. The summed E-state index contributed by atoms with van der Waals surface area (Å²) in [5.74, 6) is 0.966. The number of H-pyrrole nitrogens is 1. The minimum Gasteiger partial charge on any atom is -0.350 e. The van der Waals surface area contributed by atoms with Gasteiger partial charge in [0.25, 0.3) is 5.91 Å². The van der Waals surface area contributed by atoms with Gasteiger partial charge < -0.3 is 15.0 Å². The van der Waals surface area contributed by atoms with Crippen molar-refractivity contribution in [1.82, 2.24) is 10.3 Å². The van der Waals surface area contributed by atoms with Crippen LogP contribution in [0.5, 0.6) is 0 Å². The molecule has 6 heteroatoms. The first-order valence-electron chi connectivity index (χ1n) is 9.11. The number of rotatable bonds is 8. The van der Waals surface area contributed by atoms with Gasteiger partial charge in [0, 0.05) is 33.9 Å². The van der Waals surface area contributed by atoms with E-state index in [0.29, 0.717) is 17.3 Å². The van der Waals surface area contributed by atoms with E-state index >= 15 is 0 Å². The first kappa shape index (κ1) is 19.6. The van der Waals surface area contributed by atoms with Crippen molar-refractivity contribution >= 4 is 46.0 Å². The Hall–Kier alpha value is -2.11. The Morgan fingerprint density at radius 2 is 2.07 bits per heavy atom. The highest BCUT2D eigenvalue weighted by Crippen LogP contribution is 2.26. The minimum absolute atomic E-state index is 0.115. The SMILES string of the molecule is CCCCSNc1ccc2[nH]c(C(=O)NCc3cccc(Cl)c3)c(C)c2c1. The predicted molar refractivity (Wildman–Crippen MR) is 117 cm³/mol. The summed E-state index contributed by atoms with van der Waals surface area (Å²) in [5, 5.41) is 4.68. The molecular weight excluding hydrogens is 378 g/mol. The molecule has 3 rings (SSSR count). The topological polar surface area (TPSA) is 56.9 Å². The molecule has 0 aliphatic rings. The van der Waals surface area contributed by atoms with E-state index in [2.05, 4.69) is 28.0 Å². The van der Waals surface area contributed by atoms with Gasteiger partial charge in [0.1, 0.15) is 5.69 Å². The number of unbranched alkanes of at least 4 members (excludes halogenated alkanes) is 1. The van der Waals surface area contributed by atoms with Gasteiger partial charge in [-0.1, -0.05) is 49.0 Å². The van der Waals surface area contributed by atoms with Crippen molar-refractivity contribution in [2.75, 3.05) is 10.5 Å². The van der Waals surface area contributed by atoms with E-state index in [-0.39, 0.29) is 5.91 Å². The largest absolute Gasteiger partial charge is 0.350 e. The van der Waals surface area contributed by atoms with Crippen LogP contribution < -0.4 is 10.0 Å². The molecule has 0 aliphatic heterocycles.